The van der Waals surface area contributed by atoms with Crippen LogP contribution in [0.5, 0.6) is 0 Å². The molecule has 0 unspecified atom stereocenters. The minimum atomic E-state index is 0. The Labute approximate surface area is 268 Å². The molecule has 2 aliphatic rings. The summed E-state index contributed by atoms with van der Waals surface area (Å²) in [5.74, 6) is 2.97. The van der Waals surface area contributed by atoms with Gasteiger partial charge in [0.15, 0.2) is 16.3 Å². The van der Waals surface area contributed by atoms with Gasteiger partial charge in [-0.1, -0.05) is 60.2 Å². The Balaban J connectivity index is -0.0000000430. The number of hydrogen-bond acceptors (Lipinski definition) is 9. The molecule has 0 aromatic heterocycles. The Morgan fingerprint density at radius 2 is 1.24 bits per heavy atom. The quantitative estimate of drug-likeness (QED) is 0.150. The third kappa shape index (κ3) is 83.3. The highest BCUT2D eigenvalue weighted by Gasteiger charge is 2.03. The summed E-state index contributed by atoms with van der Waals surface area (Å²) in [5, 5.41) is 23.9. The average Bonchev–Trinajstić information content (AvgIpc) is 3.64. The summed E-state index contributed by atoms with van der Waals surface area (Å²) in [4.78, 5) is 18.5. The molecule has 42 heavy (non-hydrogen) atoms. The van der Waals surface area contributed by atoms with E-state index in [2.05, 4.69) is 40.9 Å². The molecule has 2 saturated heterocycles. The van der Waals surface area contributed by atoms with E-state index in [0.717, 1.165) is 30.8 Å². The van der Waals surface area contributed by atoms with Crippen LogP contribution in [0.4, 0.5) is 0 Å². The summed E-state index contributed by atoms with van der Waals surface area (Å²) in [5.41, 5.74) is 20.5. The van der Waals surface area contributed by atoms with Gasteiger partial charge in [-0.15, -0.1) is 0 Å². The molecule has 0 spiro atoms. The van der Waals surface area contributed by atoms with Gasteiger partial charge in [-0.25, -0.2) is 0 Å². The van der Waals surface area contributed by atoms with Crippen LogP contribution in [0, 0.1) is 10.8 Å². The number of aliphatic imine (C=N–C) groups is 5. The summed E-state index contributed by atoms with van der Waals surface area (Å²) in [7, 11) is 8.53. The van der Waals surface area contributed by atoms with Crippen LogP contribution >= 0.6 is 23.5 Å². The van der Waals surface area contributed by atoms with E-state index < -0.39 is 0 Å². The first-order valence-electron chi connectivity index (χ1n) is 11.6. The highest BCUT2D eigenvalue weighted by atomic mass is 32.2. The maximum absolute atomic E-state index is 6.52. The normalized spacial score (nSPS) is 12.8. The standard InChI is InChI=1S/C4H9N3.C4H8N2S.C3H8N2S.2C3H8N2.C3H7N.C2H6N2.4CH4/c2*1-5-4-6-2-3-7-4;1-5-3(4)6-2;1-3(4)5-2;1-2-3(4)5;1-3(2)4;1-4-2-3;;;;/h2-3H2,1H3,(H2,5,6,7);2-3H2,1H3,(H,5,6);1-2H3,(H2,4,5);1-2H3,(H2,4,5);2H2,1H3,(H3,4,5);4H,1-2H3;2H,1H3,(H2,3,4);4*1H4. The summed E-state index contributed by atoms with van der Waals surface area (Å²) >= 11 is 3.23. The lowest BCUT2D eigenvalue weighted by molar-refractivity contribution is 0.942. The maximum atomic E-state index is 6.52. The number of guanidine groups is 1. The van der Waals surface area contributed by atoms with Gasteiger partial charge in [0.2, 0.25) is 0 Å². The van der Waals surface area contributed by atoms with Gasteiger partial charge in [-0.05, 0) is 27.0 Å². The van der Waals surface area contributed by atoms with Crippen molar-refractivity contribution in [3.63, 3.8) is 0 Å². The molecule has 0 aromatic rings. The molecule has 0 radical (unpaired) electrons. The zero-order valence-corrected chi connectivity index (χ0v) is 26.6. The molecule has 13 N–H and O–H groups in total. The van der Waals surface area contributed by atoms with Gasteiger partial charge >= 0.3 is 0 Å². The predicted molar refractivity (Wildman–Crippen MR) is 204 cm³/mol. The van der Waals surface area contributed by atoms with Gasteiger partial charge in [0.05, 0.1) is 18.0 Å². The molecule has 0 bridgehead atoms. The van der Waals surface area contributed by atoms with Crippen molar-refractivity contribution in [2.24, 2.45) is 47.9 Å². The van der Waals surface area contributed by atoms with Crippen molar-refractivity contribution in [2.75, 3.05) is 66.9 Å². The largest absolute Gasteiger partial charge is 0.390 e. The van der Waals surface area contributed by atoms with E-state index in [1.54, 1.807) is 67.8 Å². The van der Waals surface area contributed by atoms with Crippen molar-refractivity contribution in [2.45, 2.75) is 63.8 Å². The first kappa shape index (κ1) is 62.6. The number of hydrogen-bond donors (Lipinski definition) is 9. The fourth-order valence-electron chi connectivity index (χ4n) is 1.17. The summed E-state index contributed by atoms with van der Waals surface area (Å²) in [6.07, 6.45) is 3.81. The van der Waals surface area contributed by atoms with E-state index in [-0.39, 0.29) is 35.5 Å². The second-order valence-electron chi connectivity index (χ2n) is 6.65. The topological polar surface area (TPSA) is 250 Å². The van der Waals surface area contributed by atoms with Crippen LogP contribution in [-0.2, 0) is 0 Å². The Kier molecular flexibility index (Phi) is 80.6. The molecule has 14 nitrogen and oxygen atoms in total. The third-order valence-electron chi connectivity index (χ3n) is 3.07. The lowest BCUT2D eigenvalue weighted by Crippen LogP contribution is -2.23. The van der Waals surface area contributed by atoms with Crippen LogP contribution in [0.3, 0.4) is 0 Å². The van der Waals surface area contributed by atoms with Gasteiger partial charge < -0.3 is 44.3 Å². The Hall–Kier alpha value is -3.01. The van der Waals surface area contributed by atoms with Gasteiger partial charge in [-0.2, -0.15) is 0 Å². The molecule has 2 heterocycles. The highest BCUT2D eigenvalue weighted by molar-refractivity contribution is 8.14. The van der Waals surface area contributed by atoms with Gasteiger partial charge in [0.25, 0.3) is 0 Å². The summed E-state index contributed by atoms with van der Waals surface area (Å²) < 4.78 is 0. The lowest BCUT2D eigenvalue weighted by Gasteiger charge is -1.90. The smallest absolute Gasteiger partial charge is 0.191 e. The van der Waals surface area contributed by atoms with Crippen LogP contribution in [0.1, 0.15) is 63.8 Å². The van der Waals surface area contributed by atoms with Crippen molar-refractivity contribution in [3.05, 3.63) is 0 Å². The fraction of sp³-hybridized carbons (Fsp3) is 0.731. The van der Waals surface area contributed by atoms with Crippen LogP contribution in [0.15, 0.2) is 25.0 Å². The number of amidine groups is 4. The van der Waals surface area contributed by atoms with E-state index in [1.807, 2.05) is 13.2 Å². The Bertz CT molecular complexity index is 655. The van der Waals surface area contributed by atoms with Gasteiger partial charge in [0, 0.05) is 72.8 Å². The molecule has 0 amide bonds. The minimum Gasteiger partial charge on any atom is -0.390 e. The van der Waals surface area contributed by atoms with E-state index in [1.165, 1.54) is 23.9 Å². The molecule has 256 valence electrons. The predicted octanol–water partition coefficient (Wildman–Crippen LogP) is 3.29. The monoisotopic (exact) mass is 643 g/mol. The van der Waals surface area contributed by atoms with Crippen molar-refractivity contribution in [1.82, 2.24) is 16.0 Å². The van der Waals surface area contributed by atoms with Gasteiger partial charge in [0.1, 0.15) is 0 Å². The van der Waals surface area contributed by atoms with Crippen LogP contribution in [-0.4, -0.2) is 107 Å². The van der Waals surface area contributed by atoms with Crippen LogP contribution < -0.4 is 38.9 Å². The number of nitrogens with one attached hydrogen (secondary N) is 5. The Morgan fingerprint density at radius 1 is 0.857 bits per heavy atom. The Morgan fingerprint density at radius 3 is 1.33 bits per heavy atom. The van der Waals surface area contributed by atoms with Crippen molar-refractivity contribution >= 4 is 63.5 Å². The molecule has 0 aliphatic carbocycles. The summed E-state index contributed by atoms with van der Waals surface area (Å²) in [6.45, 7) is 10.2. The fourth-order valence-corrected chi connectivity index (χ4v) is 2.09. The molecule has 0 atom stereocenters. The molecule has 0 saturated carbocycles. The first-order valence-corrected chi connectivity index (χ1v) is 13.8. The zero-order valence-electron chi connectivity index (χ0n) is 25.0. The first-order chi connectivity index (χ1) is 17.9. The lowest BCUT2D eigenvalue weighted by atomic mass is 10.5. The van der Waals surface area contributed by atoms with Gasteiger partial charge in [-0.3, -0.25) is 30.4 Å². The second kappa shape index (κ2) is 54.1. The second-order valence-corrected chi connectivity index (χ2v) is 8.56. The van der Waals surface area contributed by atoms with Crippen molar-refractivity contribution in [1.29, 1.82) is 10.8 Å². The van der Waals surface area contributed by atoms with Crippen molar-refractivity contribution in [3.8, 4) is 0 Å². The highest BCUT2D eigenvalue weighted by Crippen LogP contribution is 2.05. The molecular weight excluding hydrogens is 573 g/mol. The number of nitrogens with two attached hydrogens (primary N) is 4. The van der Waals surface area contributed by atoms with Crippen LogP contribution in [0.25, 0.3) is 0 Å². The minimum absolute atomic E-state index is 0. The van der Waals surface area contributed by atoms with E-state index in [9.17, 15) is 0 Å². The summed E-state index contributed by atoms with van der Waals surface area (Å²) in [6, 6.07) is 0. The molecule has 2 fully saturated rings. The number of thioether (sulfide) groups is 2. The molecule has 2 aliphatic heterocycles. The SMILES string of the molecule is C.C.C.C.CC(C)=N.CCC(=N)N.CN=C(C)N.CN=C(N)SC.CN=C1NCCN1.CN=C1NCCS1.CN=CN. The molecular formula is C26H70N14S2. The van der Waals surface area contributed by atoms with E-state index in [4.69, 9.17) is 33.8 Å². The number of rotatable bonds is 1. The molecule has 0 aromatic carbocycles. The third-order valence-corrected chi connectivity index (χ3v) is 4.68. The maximum Gasteiger partial charge on any atom is 0.191 e. The van der Waals surface area contributed by atoms with E-state index >= 15 is 0 Å². The molecule has 16 heteroatoms. The van der Waals surface area contributed by atoms with Crippen molar-refractivity contribution < 1.29 is 0 Å². The average molecular weight is 643 g/mol. The number of nitrogens with zero attached hydrogens (tertiary/aromatic N) is 5. The van der Waals surface area contributed by atoms with Crippen LogP contribution in [0.2, 0.25) is 0 Å². The zero-order chi connectivity index (χ0) is 30.8. The molecule has 2 rings (SSSR count). The van der Waals surface area contributed by atoms with E-state index in [0.29, 0.717) is 23.1 Å².